The average Bonchev–Trinajstić information content (AvgIpc) is 3.14. The summed E-state index contributed by atoms with van der Waals surface area (Å²) >= 11 is 0. The second-order valence-corrected chi connectivity index (χ2v) is 5.30. The number of amides is 1. The van der Waals surface area contributed by atoms with Gasteiger partial charge in [-0.25, -0.2) is 0 Å². The van der Waals surface area contributed by atoms with Gasteiger partial charge in [-0.15, -0.1) is 0 Å². The fraction of sp³-hybridized carbons (Fsp3) is 0.533. The van der Waals surface area contributed by atoms with Gasteiger partial charge in [-0.1, -0.05) is 30.3 Å². The van der Waals surface area contributed by atoms with E-state index in [1.807, 2.05) is 6.07 Å². The summed E-state index contributed by atoms with van der Waals surface area (Å²) in [5, 5.41) is 3.24. The van der Waals surface area contributed by atoms with Gasteiger partial charge in [-0.05, 0) is 24.8 Å². The number of hydrogen-bond donors (Lipinski definition) is 1. The van der Waals surface area contributed by atoms with Gasteiger partial charge in [0.2, 0.25) is 5.91 Å². The van der Waals surface area contributed by atoms with Gasteiger partial charge in [-0.2, -0.15) is 0 Å². The van der Waals surface area contributed by atoms with E-state index in [-0.39, 0.29) is 5.92 Å². The van der Waals surface area contributed by atoms with Crippen LogP contribution in [0, 0.1) is 5.92 Å². The van der Waals surface area contributed by atoms with Crippen LogP contribution in [-0.4, -0.2) is 36.5 Å². The molecule has 1 saturated carbocycles. The third-order valence-corrected chi connectivity index (χ3v) is 4.16. The quantitative estimate of drug-likeness (QED) is 0.872. The Kier molecular flexibility index (Phi) is 3.08. The van der Waals surface area contributed by atoms with Crippen LogP contribution in [0.3, 0.4) is 0 Å². The van der Waals surface area contributed by atoms with Gasteiger partial charge in [0.1, 0.15) is 0 Å². The minimum absolute atomic E-state index is 0.230. The molecule has 1 aromatic rings. The summed E-state index contributed by atoms with van der Waals surface area (Å²) in [4.78, 5) is 14.5. The monoisotopic (exact) mass is 244 g/mol. The Balaban J connectivity index is 1.64. The zero-order valence-corrected chi connectivity index (χ0v) is 10.8. The lowest BCUT2D eigenvalue weighted by molar-refractivity contribution is -0.135. The van der Waals surface area contributed by atoms with E-state index in [4.69, 9.17) is 0 Å². The van der Waals surface area contributed by atoms with Crippen LogP contribution in [0.5, 0.6) is 0 Å². The molecule has 1 aromatic carbocycles. The third kappa shape index (κ3) is 2.03. The van der Waals surface area contributed by atoms with Gasteiger partial charge in [0, 0.05) is 25.6 Å². The molecule has 2 atom stereocenters. The summed E-state index contributed by atoms with van der Waals surface area (Å²) in [6, 6.07) is 10.9. The minimum atomic E-state index is 0.230. The van der Waals surface area contributed by atoms with Gasteiger partial charge < -0.3 is 10.2 Å². The maximum Gasteiger partial charge on any atom is 0.226 e. The molecule has 2 fully saturated rings. The van der Waals surface area contributed by atoms with Crippen molar-refractivity contribution in [2.75, 3.05) is 19.6 Å². The van der Waals surface area contributed by atoms with Crippen molar-refractivity contribution in [1.82, 2.24) is 10.2 Å². The number of benzene rings is 1. The molecule has 2 aliphatic rings. The second kappa shape index (κ2) is 4.73. The molecule has 18 heavy (non-hydrogen) atoms. The zero-order chi connectivity index (χ0) is 12.5. The van der Waals surface area contributed by atoms with Crippen LogP contribution in [0.4, 0.5) is 0 Å². The first-order chi connectivity index (χ1) is 8.81. The number of carbonyl (C=O) groups excluding carboxylic acids is 1. The number of nitrogens with zero attached hydrogens (tertiary/aromatic N) is 1. The van der Waals surface area contributed by atoms with Gasteiger partial charge >= 0.3 is 0 Å². The highest BCUT2D eigenvalue weighted by molar-refractivity contribution is 5.83. The number of hydrogen-bond acceptors (Lipinski definition) is 2. The van der Waals surface area contributed by atoms with E-state index in [9.17, 15) is 4.79 Å². The molecule has 3 rings (SSSR count). The highest BCUT2D eigenvalue weighted by atomic mass is 16.2. The Hall–Kier alpha value is -1.35. The molecule has 0 radical (unpaired) electrons. The number of carbonyl (C=O) groups is 1. The van der Waals surface area contributed by atoms with E-state index in [1.165, 1.54) is 5.56 Å². The summed E-state index contributed by atoms with van der Waals surface area (Å²) in [6.07, 6.45) is 1.03. The topological polar surface area (TPSA) is 32.3 Å². The predicted molar refractivity (Wildman–Crippen MR) is 71.3 cm³/mol. The van der Waals surface area contributed by atoms with Crippen molar-refractivity contribution in [2.45, 2.75) is 25.3 Å². The van der Waals surface area contributed by atoms with E-state index in [2.05, 4.69) is 41.4 Å². The molecule has 0 spiro atoms. The number of rotatable bonds is 4. The van der Waals surface area contributed by atoms with Gasteiger partial charge in [0.05, 0.1) is 6.04 Å². The van der Waals surface area contributed by atoms with Crippen LogP contribution >= 0.6 is 0 Å². The average molecular weight is 244 g/mol. The van der Waals surface area contributed by atoms with Crippen LogP contribution in [0.15, 0.2) is 30.3 Å². The molecule has 1 aliphatic heterocycles. The molecule has 1 saturated heterocycles. The van der Waals surface area contributed by atoms with Crippen LogP contribution in [0.2, 0.25) is 0 Å². The molecular weight excluding hydrogens is 224 g/mol. The van der Waals surface area contributed by atoms with E-state index >= 15 is 0 Å². The van der Waals surface area contributed by atoms with Crippen molar-refractivity contribution in [3.8, 4) is 0 Å². The lowest BCUT2D eigenvalue weighted by Crippen LogP contribution is -2.59. The standard InChI is InChI=1S/C15H20N2O/c1-2-17(12-9-16-10-12)15(18)14-8-13(14)11-6-4-3-5-7-11/h3-7,12-14,16H,2,8-10H2,1H3. The SMILES string of the molecule is CCN(C(=O)C1CC1c1ccccc1)C1CNC1. The van der Waals surface area contributed by atoms with E-state index in [1.54, 1.807) is 0 Å². The van der Waals surface area contributed by atoms with Crippen molar-refractivity contribution in [1.29, 1.82) is 0 Å². The van der Waals surface area contributed by atoms with Crippen molar-refractivity contribution in [3.05, 3.63) is 35.9 Å². The summed E-state index contributed by atoms with van der Waals surface area (Å²) in [7, 11) is 0. The van der Waals surface area contributed by atoms with Crippen molar-refractivity contribution < 1.29 is 4.79 Å². The second-order valence-electron chi connectivity index (χ2n) is 5.30. The van der Waals surface area contributed by atoms with Crippen LogP contribution in [0.1, 0.15) is 24.8 Å². The molecule has 96 valence electrons. The minimum Gasteiger partial charge on any atom is -0.337 e. The first-order valence-corrected chi connectivity index (χ1v) is 6.87. The third-order valence-electron chi connectivity index (χ3n) is 4.16. The largest absolute Gasteiger partial charge is 0.337 e. The van der Waals surface area contributed by atoms with Crippen LogP contribution < -0.4 is 5.32 Å². The maximum absolute atomic E-state index is 12.5. The fourth-order valence-corrected chi connectivity index (χ4v) is 2.84. The number of likely N-dealkylation sites (N-methyl/N-ethyl adjacent to an activating group) is 1. The molecule has 1 aliphatic carbocycles. The Bertz CT molecular complexity index is 427. The molecule has 3 heteroatoms. The Labute approximate surface area is 108 Å². The smallest absolute Gasteiger partial charge is 0.226 e. The van der Waals surface area contributed by atoms with Gasteiger partial charge in [0.15, 0.2) is 0 Å². The van der Waals surface area contributed by atoms with Crippen molar-refractivity contribution in [2.24, 2.45) is 5.92 Å². The lowest BCUT2D eigenvalue weighted by atomic mass is 10.1. The lowest BCUT2D eigenvalue weighted by Gasteiger charge is -2.37. The molecule has 2 unspecified atom stereocenters. The Morgan fingerprint density at radius 3 is 2.61 bits per heavy atom. The van der Waals surface area contributed by atoms with E-state index < -0.39 is 0 Å². The normalized spacial score (nSPS) is 26.5. The summed E-state index contributed by atoms with van der Waals surface area (Å²) in [5.74, 6) is 1.05. The molecule has 3 nitrogen and oxygen atoms in total. The highest BCUT2D eigenvalue weighted by Crippen LogP contribution is 2.48. The molecular formula is C15H20N2O. The Morgan fingerprint density at radius 2 is 2.06 bits per heavy atom. The molecule has 1 N–H and O–H groups in total. The van der Waals surface area contributed by atoms with E-state index in [0.29, 0.717) is 17.9 Å². The highest BCUT2D eigenvalue weighted by Gasteiger charge is 2.46. The molecule has 1 heterocycles. The summed E-state index contributed by atoms with van der Waals surface area (Å²) in [5.41, 5.74) is 1.32. The fourth-order valence-electron chi connectivity index (χ4n) is 2.84. The first-order valence-electron chi connectivity index (χ1n) is 6.87. The molecule has 1 amide bonds. The van der Waals surface area contributed by atoms with Crippen molar-refractivity contribution in [3.63, 3.8) is 0 Å². The number of nitrogens with one attached hydrogen (secondary N) is 1. The molecule has 0 aromatic heterocycles. The van der Waals surface area contributed by atoms with Crippen LogP contribution in [0.25, 0.3) is 0 Å². The van der Waals surface area contributed by atoms with Crippen molar-refractivity contribution >= 4 is 5.91 Å². The zero-order valence-electron chi connectivity index (χ0n) is 10.8. The first kappa shape index (κ1) is 11.7. The maximum atomic E-state index is 12.5. The Morgan fingerprint density at radius 1 is 1.33 bits per heavy atom. The van der Waals surface area contributed by atoms with Gasteiger partial charge in [-0.3, -0.25) is 4.79 Å². The molecule has 0 bridgehead atoms. The predicted octanol–water partition coefficient (Wildman–Crippen LogP) is 1.61. The van der Waals surface area contributed by atoms with Gasteiger partial charge in [0.25, 0.3) is 0 Å². The summed E-state index contributed by atoms with van der Waals surface area (Å²) < 4.78 is 0. The summed E-state index contributed by atoms with van der Waals surface area (Å²) in [6.45, 7) is 4.84. The van der Waals surface area contributed by atoms with E-state index in [0.717, 1.165) is 26.1 Å². The van der Waals surface area contributed by atoms with Crippen LogP contribution in [-0.2, 0) is 4.79 Å².